The van der Waals surface area contributed by atoms with Gasteiger partial charge < -0.3 is 4.74 Å². The first-order valence-electron chi connectivity index (χ1n) is 6.60. The third-order valence-corrected chi connectivity index (χ3v) is 3.48. The summed E-state index contributed by atoms with van der Waals surface area (Å²) in [5.41, 5.74) is 0. The molecule has 0 bridgehead atoms. The Kier molecular flexibility index (Phi) is 5.41. The molecule has 0 aromatic carbocycles. The molecule has 18 heavy (non-hydrogen) atoms. The maximum atomic E-state index is 5.67. The molecule has 1 aromatic rings. The Bertz CT molecular complexity index is 350. The highest BCUT2D eigenvalue weighted by atomic mass is 35.5. The van der Waals surface area contributed by atoms with Crippen LogP contribution >= 0.6 is 11.6 Å². The van der Waals surface area contributed by atoms with E-state index < -0.39 is 0 Å². The van der Waals surface area contributed by atoms with Gasteiger partial charge in [0.05, 0.1) is 19.3 Å². The van der Waals surface area contributed by atoms with Crippen LogP contribution < -0.4 is 0 Å². The second kappa shape index (κ2) is 7.07. The lowest BCUT2D eigenvalue weighted by Crippen LogP contribution is -2.37. The van der Waals surface area contributed by atoms with Gasteiger partial charge >= 0.3 is 0 Å². The van der Waals surface area contributed by atoms with Gasteiger partial charge in [0, 0.05) is 25.5 Å². The molecule has 0 spiro atoms. The summed E-state index contributed by atoms with van der Waals surface area (Å²) >= 11 is 5.62. The number of ether oxygens (including phenoxy) is 1. The molecule has 0 N–H and O–H groups in total. The van der Waals surface area contributed by atoms with E-state index in [2.05, 4.69) is 21.9 Å². The molecule has 0 atom stereocenters. The minimum atomic E-state index is 0.379. The van der Waals surface area contributed by atoms with E-state index >= 15 is 0 Å². The Labute approximate surface area is 113 Å². The summed E-state index contributed by atoms with van der Waals surface area (Å²) in [6.07, 6.45) is 4.17. The van der Waals surface area contributed by atoms with Gasteiger partial charge in [0.1, 0.15) is 12.2 Å². The topological polar surface area (TPSA) is 43.2 Å². The standard InChI is InChI=1S/C12H21ClN4O/c1-2-17-12(14-10-15-17)9-16-6-3-11(4-7-16)18-8-5-13/h10-11H,2-9H2,1H3. The van der Waals surface area contributed by atoms with E-state index in [1.54, 1.807) is 6.33 Å². The van der Waals surface area contributed by atoms with Crippen molar-refractivity contribution >= 4 is 11.6 Å². The van der Waals surface area contributed by atoms with Crippen molar-refractivity contribution < 1.29 is 4.74 Å². The average Bonchev–Trinajstić information content (AvgIpc) is 2.85. The smallest absolute Gasteiger partial charge is 0.140 e. The van der Waals surface area contributed by atoms with Crippen LogP contribution in [0.4, 0.5) is 0 Å². The zero-order chi connectivity index (χ0) is 12.8. The zero-order valence-electron chi connectivity index (χ0n) is 10.9. The summed E-state index contributed by atoms with van der Waals surface area (Å²) in [4.78, 5) is 6.72. The van der Waals surface area contributed by atoms with Crippen molar-refractivity contribution in [1.82, 2.24) is 19.7 Å². The third kappa shape index (κ3) is 3.67. The summed E-state index contributed by atoms with van der Waals surface area (Å²) in [6.45, 7) is 6.63. The number of piperidine rings is 1. The number of likely N-dealkylation sites (tertiary alicyclic amines) is 1. The van der Waals surface area contributed by atoms with Crippen LogP contribution in [0, 0.1) is 0 Å². The largest absolute Gasteiger partial charge is 0.377 e. The first-order valence-corrected chi connectivity index (χ1v) is 7.13. The van der Waals surface area contributed by atoms with Crippen LogP contribution in [-0.4, -0.2) is 51.3 Å². The summed E-state index contributed by atoms with van der Waals surface area (Å²) < 4.78 is 7.62. The Hall–Kier alpha value is -0.650. The molecule has 0 amide bonds. The van der Waals surface area contributed by atoms with Crippen molar-refractivity contribution in [3.05, 3.63) is 12.2 Å². The molecule has 1 fully saturated rings. The second-order valence-electron chi connectivity index (χ2n) is 4.53. The number of nitrogens with zero attached hydrogens (tertiary/aromatic N) is 4. The SMILES string of the molecule is CCn1ncnc1CN1CCC(OCCCl)CC1. The molecule has 1 aliphatic heterocycles. The predicted molar refractivity (Wildman–Crippen MR) is 70.7 cm³/mol. The Balaban J connectivity index is 1.76. The molecule has 0 radical (unpaired) electrons. The number of aromatic nitrogens is 3. The Morgan fingerprint density at radius 2 is 2.22 bits per heavy atom. The van der Waals surface area contributed by atoms with E-state index in [4.69, 9.17) is 16.3 Å². The van der Waals surface area contributed by atoms with Crippen molar-refractivity contribution in [1.29, 1.82) is 0 Å². The third-order valence-electron chi connectivity index (χ3n) is 3.33. The molecule has 1 saturated heterocycles. The molecule has 5 nitrogen and oxygen atoms in total. The molecule has 0 aliphatic carbocycles. The molecule has 102 valence electrons. The first kappa shape index (κ1) is 13.8. The van der Waals surface area contributed by atoms with E-state index in [1.807, 2.05) is 4.68 Å². The Morgan fingerprint density at radius 1 is 1.44 bits per heavy atom. The molecular formula is C12H21ClN4O. The number of aryl methyl sites for hydroxylation is 1. The molecule has 2 rings (SSSR count). The summed E-state index contributed by atoms with van der Waals surface area (Å²) in [7, 11) is 0. The molecular weight excluding hydrogens is 252 g/mol. The molecule has 2 heterocycles. The minimum absolute atomic E-state index is 0.379. The number of hydrogen-bond donors (Lipinski definition) is 0. The maximum Gasteiger partial charge on any atom is 0.140 e. The summed E-state index contributed by atoms with van der Waals surface area (Å²) in [5, 5.41) is 4.20. The van der Waals surface area contributed by atoms with Gasteiger partial charge in [0.2, 0.25) is 0 Å². The van der Waals surface area contributed by atoms with E-state index in [-0.39, 0.29) is 0 Å². The van der Waals surface area contributed by atoms with Crippen LogP contribution in [0.1, 0.15) is 25.6 Å². The van der Waals surface area contributed by atoms with E-state index in [0.29, 0.717) is 18.6 Å². The highest BCUT2D eigenvalue weighted by Gasteiger charge is 2.20. The fraction of sp³-hybridized carbons (Fsp3) is 0.833. The van der Waals surface area contributed by atoms with Crippen molar-refractivity contribution in [2.75, 3.05) is 25.6 Å². The molecule has 6 heteroatoms. The van der Waals surface area contributed by atoms with E-state index in [0.717, 1.165) is 44.8 Å². The van der Waals surface area contributed by atoms with Gasteiger partial charge in [-0.05, 0) is 19.8 Å². The summed E-state index contributed by atoms with van der Waals surface area (Å²) in [5.74, 6) is 1.64. The van der Waals surface area contributed by atoms with Crippen LogP contribution in [-0.2, 0) is 17.8 Å². The fourth-order valence-corrected chi connectivity index (χ4v) is 2.41. The first-order chi connectivity index (χ1) is 8.83. The molecule has 0 unspecified atom stereocenters. The van der Waals surface area contributed by atoms with Gasteiger partial charge in [0.25, 0.3) is 0 Å². The van der Waals surface area contributed by atoms with Gasteiger partial charge in [-0.2, -0.15) is 5.10 Å². The Morgan fingerprint density at radius 3 is 2.89 bits per heavy atom. The van der Waals surface area contributed by atoms with Crippen LogP contribution in [0.2, 0.25) is 0 Å². The highest BCUT2D eigenvalue weighted by Crippen LogP contribution is 2.15. The van der Waals surface area contributed by atoms with Gasteiger partial charge in [-0.1, -0.05) is 0 Å². The normalized spacial score (nSPS) is 18.3. The average molecular weight is 273 g/mol. The van der Waals surface area contributed by atoms with Crippen LogP contribution in [0.15, 0.2) is 6.33 Å². The zero-order valence-corrected chi connectivity index (χ0v) is 11.6. The van der Waals surface area contributed by atoms with Gasteiger partial charge in [-0.3, -0.25) is 4.90 Å². The van der Waals surface area contributed by atoms with Crippen molar-refractivity contribution in [2.45, 2.75) is 39.0 Å². The van der Waals surface area contributed by atoms with E-state index in [1.165, 1.54) is 0 Å². The molecule has 0 saturated carbocycles. The van der Waals surface area contributed by atoms with Gasteiger partial charge in [-0.25, -0.2) is 9.67 Å². The second-order valence-corrected chi connectivity index (χ2v) is 4.91. The monoisotopic (exact) mass is 272 g/mol. The molecule has 1 aromatic heterocycles. The van der Waals surface area contributed by atoms with Crippen molar-refractivity contribution in [3.63, 3.8) is 0 Å². The molecule has 1 aliphatic rings. The van der Waals surface area contributed by atoms with Crippen LogP contribution in [0.5, 0.6) is 0 Å². The fourth-order valence-electron chi connectivity index (χ4n) is 2.32. The number of halogens is 1. The number of alkyl halides is 1. The predicted octanol–water partition coefficient (Wildman–Crippen LogP) is 1.52. The van der Waals surface area contributed by atoms with Crippen LogP contribution in [0.25, 0.3) is 0 Å². The minimum Gasteiger partial charge on any atom is -0.377 e. The van der Waals surface area contributed by atoms with Gasteiger partial charge in [-0.15, -0.1) is 11.6 Å². The number of hydrogen-bond acceptors (Lipinski definition) is 4. The lowest BCUT2D eigenvalue weighted by Gasteiger charge is -2.31. The lowest BCUT2D eigenvalue weighted by atomic mass is 10.1. The number of rotatable bonds is 6. The van der Waals surface area contributed by atoms with Crippen LogP contribution in [0.3, 0.4) is 0 Å². The lowest BCUT2D eigenvalue weighted by molar-refractivity contribution is 0.0127. The van der Waals surface area contributed by atoms with Crippen molar-refractivity contribution in [3.8, 4) is 0 Å². The van der Waals surface area contributed by atoms with Gasteiger partial charge in [0.15, 0.2) is 0 Å². The maximum absolute atomic E-state index is 5.67. The van der Waals surface area contributed by atoms with Crippen molar-refractivity contribution in [2.24, 2.45) is 0 Å². The highest BCUT2D eigenvalue weighted by molar-refractivity contribution is 6.17. The van der Waals surface area contributed by atoms with E-state index in [9.17, 15) is 0 Å². The quantitative estimate of drug-likeness (QED) is 0.737. The summed E-state index contributed by atoms with van der Waals surface area (Å²) in [6, 6.07) is 0.